The Balaban J connectivity index is 1.83. The first-order chi connectivity index (χ1) is 13.0. The van der Waals surface area contributed by atoms with Crippen molar-refractivity contribution in [1.82, 2.24) is 14.3 Å². The SMILES string of the molecule is COCCN(C)Sc1cc(-c2ncc(-c3ccc(Br)c(F)c3)[nH]2)ccc1Cl. The largest absolute Gasteiger partial charge is 0.383 e. The van der Waals surface area contributed by atoms with E-state index in [0.29, 0.717) is 21.9 Å². The first-order valence-electron chi connectivity index (χ1n) is 8.16. The molecule has 142 valence electrons. The average Bonchev–Trinajstić information content (AvgIpc) is 3.14. The zero-order valence-corrected chi connectivity index (χ0v) is 18.0. The lowest BCUT2D eigenvalue weighted by Gasteiger charge is -2.16. The molecule has 0 aliphatic heterocycles. The van der Waals surface area contributed by atoms with E-state index in [1.54, 1.807) is 31.3 Å². The Kier molecular flexibility index (Phi) is 6.94. The first-order valence-corrected chi connectivity index (χ1v) is 10.1. The summed E-state index contributed by atoms with van der Waals surface area (Å²) in [5, 5.41) is 0.676. The van der Waals surface area contributed by atoms with E-state index in [0.717, 1.165) is 28.3 Å². The van der Waals surface area contributed by atoms with Gasteiger partial charge in [0.05, 0.1) is 28.0 Å². The van der Waals surface area contributed by atoms with Gasteiger partial charge in [-0.25, -0.2) is 13.7 Å². The van der Waals surface area contributed by atoms with E-state index in [9.17, 15) is 4.39 Å². The number of hydrogen-bond donors (Lipinski definition) is 1. The van der Waals surface area contributed by atoms with Crippen molar-refractivity contribution in [1.29, 1.82) is 0 Å². The fourth-order valence-corrected chi connectivity index (χ4v) is 3.74. The molecule has 0 saturated carbocycles. The van der Waals surface area contributed by atoms with E-state index < -0.39 is 0 Å². The van der Waals surface area contributed by atoms with Crippen LogP contribution in [0, 0.1) is 5.82 Å². The number of aromatic amines is 1. The summed E-state index contributed by atoms with van der Waals surface area (Å²) in [6.45, 7) is 1.42. The fraction of sp³-hybridized carbons (Fsp3) is 0.211. The molecule has 0 saturated heterocycles. The standard InChI is InChI=1S/C19H18BrClFN3OS/c1-25(7-8-26-2)27-18-10-13(4-6-15(18)21)19-23-11-17(24-19)12-3-5-14(20)16(22)9-12/h3-6,9-11H,7-8H2,1-2H3,(H,23,24). The van der Waals surface area contributed by atoms with Gasteiger partial charge in [0.25, 0.3) is 0 Å². The van der Waals surface area contributed by atoms with Crippen LogP contribution in [0.25, 0.3) is 22.6 Å². The second-order valence-electron chi connectivity index (χ2n) is 5.86. The van der Waals surface area contributed by atoms with Crippen molar-refractivity contribution in [2.45, 2.75) is 4.90 Å². The Morgan fingerprint density at radius 2 is 2.04 bits per heavy atom. The lowest BCUT2D eigenvalue weighted by molar-refractivity contribution is 0.188. The molecule has 0 aliphatic carbocycles. The van der Waals surface area contributed by atoms with Gasteiger partial charge in [-0.1, -0.05) is 17.7 Å². The third-order valence-corrected chi connectivity index (χ3v) is 5.99. The molecule has 1 aromatic heterocycles. The van der Waals surface area contributed by atoms with Crippen molar-refractivity contribution in [3.8, 4) is 22.6 Å². The molecule has 27 heavy (non-hydrogen) atoms. The monoisotopic (exact) mass is 469 g/mol. The van der Waals surface area contributed by atoms with Crippen LogP contribution in [-0.2, 0) is 4.74 Å². The number of nitrogens with zero attached hydrogens (tertiary/aromatic N) is 2. The van der Waals surface area contributed by atoms with Gasteiger partial charge in [-0.2, -0.15) is 0 Å². The van der Waals surface area contributed by atoms with Gasteiger partial charge in [-0.3, -0.25) is 0 Å². The van der Waals surface area contributed by atoms with Gasteiger partial charge in [0.2, 0.25) is 0 Å². The highest BCUT2D eigenvalue weighted by Crippen LogP contribution is 2.33. The number of rotatable bonds is 7. The Labute approximate surface area is 175 Å². The summed E-state index contributed by atoms with van der Waals surface area (Å²) in [5.41, 5.74) is 2.39. The summed E-state index contributed by atoms with van der Waals surface area (Å²) in [6, 6.07) is 10.7. The normalized spacial score (nSPS) is 11.3. The zero-order valence-electron chi connectivity index (χ0n) is 14.8. The summed E-state index contributed by atoms with van der Waals surface area (Å²) >= 11 is 11.1. The lowest BCUT2D eigenvalue weighted by Crippen LogP contribution is -2.15. The van der Waals surface area contributed by atoms with Crippen LogP contribution < -0.4 is 0 Å². The summed E-state index contributed by atoms with van der Waals surface area (Å²) in [4.78, 5) is 8.62. The van der Waals surface area contributed by atoms with Gasteiger partial charge in [0.15, 0.2) is 0 Å². The van der Waals surface area contributed by atoms with Crippen LogP contribution in [0.3, 0.4) is 0 Å². The number of halogens is 3. The molecule has 0 radical (unpaired) electrons. The molecule has 0 amide bonds. The maximum Gasteiger partial charge on any atom is 0.138 e. The quantitative estimate of drug-likeness (QED) is 0.438. The van der Waals surface area contributed by atoms with Crippen LogP contribution in [0.15, 0.2) is 52.0 Å². The van der Waals surface area contributed by atoms with Gasteiger partial charge in [-0.05, 0) is 65.3 Å². The Bertz CT molecular complexity index is 937. The fourth-order valence-electron chi connectivity index (χ4n) is 2.43. The smallest absolute Gasteiger partial charge is 0.138 e. The summed E-state index contributed by atoms with van der Waals surface area (Å²) in [5.74, 6) is 0.388. The number of imidazole rings is 1. The van der Waals surface area contributed by atoms with Crippen LogP contribution in [-0.4, -0.2) is 41.6 Å². The molecule has 4 nitrogen and oxygen atoms in total. The van der Waals surface area contributed by atoms with E-state index in [-0.39, 0.29) is 5.82 Å². The zero-order chi connectivity index (χ0) is 19.4. The molecule has 0 fully saturated rings. The van der Waals surface area contributed by atoms with Crippen LogP contribution in [0.2, 0.25) is 5.02 Å². The number of benzene rings is 2. The minimum absolute atomic E-state index is 0.312. The predicted molar refractivity (Wildman–Crippen MR) is 112 cm³/mol. The molecule has 3 aromatic rings. The number of aromatic nitrogens is 2. The molecular weight excluding hydrogens is 453 g/mol. The number of methoxy groups -OCH3 is 1. The minimum atomic E-state index is -0.312. The topological polar surface area (TPSA) is 41.1 Å². The van der Waals surface area contributed by atoms with Crippen molar-refractivity contribution in [2.75, 3.05) is 27.3 Å². The minimum Gasteiger partial charge on any atom is -0.383 e. The molecule has 3 rings (SSSR count). The number of ether oxygens (including phenoxy) is 1. The maximum atomic E-state index is 13.8. The predicted octanol–water partition coefficient (Wildman–Crippen LogP) is 5.88. The molecule has 0 unspecified atom stereocenters. The van der Waals surface area contributed by atoms with Gasteiger partial charge >= 0.3 is 0 Å². The highest BCUT2D eigenvalue weighted by atomic mass is 79.9. The lowest BCUT2D eigenvalue weighted by atomic mass is 10.2. The van der Waals surface area contributed by atoms with Gasteiger partial charge in [0.1, 0.15) is 11.6 Å². The van der Waals surface area contributed by atoms with E-state index in [1.807, 2.05) is 31.3 Å². The van der Waals surface area contributed by atoms with Crippen molar-refractivity contribution >= 4 is 39.5 Å². The number of H-pyrrole nitrogens is 1. The number of likely N-dealkylation sites (N-methyl/N-ethyl adjacent to an activating group) is 1. The van der Waals surface area contributed by atoms with Crippen LogP contribution >= 0.6 is 39.5 Å². The van der Waals surface area contributed by atoms with E-state index in [2.05, 4.69) is 30.2 Å². The molecule has 0 spiro atoms. The van der Waals surface area contributed by atoms with Crippen LogP contribution in [0.4, 0.5) is 4.39 Å². The Morgan fingerprint density at radius 1 is 1.26 bits per heavy atom. The average molecular weight is 471 g/mol. The van der Waals surface area contributed by atoms with Crippen molar-refractivity contribution in [3.05, 3.63) is 57.9 Å². The molecule has 0 bridgehead atoms. The number of hydrogen-bond acceptors (Lipinski definition) is 4. The van der Waals surface area contributed by atoms with Gasteiger partial charge in [-0.15, -0.1) is 0 Å². The summed E-state index contributed by atoms with van der Waals surface area (Å²) in [7, 11) is 3.66. The van der Waals surface area contributed by atoms with Crippen molar-refractivity contribution in [2.24, 2.45) is 0 Å². The second-order valence-corrected chi connectivity index (χ2v) is 8.36. The molecule has 1 heterocycles. The van der Waals surface area contributed by atoms with E-state index >= 15 is 0 Å². The Hall–Kier alpha value is -1.38. The third-order valence-electron chi connectivity index (χ3n) is 3.88. The van der Waals surface area contributed by atoms with Crippen molar-refractivity contribution in [3.63, 3.8) is 0 Å². The molecule has 2 aromatic carbocycles. The summed E-state index contributed by atoms with van der Waals surface area (Å²) in [6.07, 6.45) is 1.70. The Morgan fingerprint density at radius 3 is 2.78 bits per heavy atom. The van der Waals surface area contributed by atoms with Crippen molar-refractivity contribution < 1.29 is 9.13 Å². The van der Waals surface area contributed by atoms with E-state index in [1.165, 1.54) is 6.07 Å². The molecular formula is C19H18BrClFN3OS. The highest BCUT2D eigenvalue weighted by molar-refractivity contribution is 9.10. The van der Waals surface area contributed by atoms with Crippen LogP contribution in [0.5, 0.6) is 0 Å². The number of nitrogens with one attached hydrogen (secondary N) is 1. The molecule has 1 N–H and O–H groups in total. The maximum absolute atomic E-state index is 13.8. The molecule has 8 heteroatoms. The molecule has 0 aliphatic rings. The second kappa shape index (κ2) is 9.21. The first kappa shape index (κ1) is 20.4. The van der Waals surface area contributed by atoms with Gasteiger partial charge < -0.3 is 9.72 Å². The summed E-state index contributed by atoms with van der Waals surface area (Å²) < 4.78 is 21.4. The highest BCUT2D eigenvalue weighted by Gasteiger charge is 2.11. The third kappa shape index (κ3) is 5.12. The van der Waals surface area contributed by atoms with E-state index in [4.69, 9.17) is 16.3 Å². The molecule has 0 atom stereocenters. The van der Waals surface area contributed by atoms with Crippen LogP contribution in [0.1, 0.15) is 0 Å². The van der Waals surface area contributed by atoms with Gasteiger partial charge in [0, 0.05) is 29.7 Å².